The molecule has 0 bridgehead atoms. The zero-order valence-electron chi connectivity index (χ0n) is 12.1. The summed E-state index contributed by atoms with van der Waals surface area (Å²) in [5.41, 5.74) is 1.66. The molecule has 1 atom stereocenters. The number of carbonyl (C=O) groups is 1. The Bertz CT molecular complexity index is 549. The molecule has 0 aromatic carbocycles. The van der Waals surface area contributed by atoms with Gasteiger partial charge in [-0.3, -0.25) is 4.90 Å². The van der Waals surface area contributed by atoms with Crippen LogP contribution in [0.25, 0.3) is 0 Å². The molecule has 3 rings (SSSR count). The van der Waals surface area contributed by atoms with Crippen molar-refractivity contribution in [3.8, 4) is 0 Å². The third kappa shape index (κ3) is 2.90. The van der Waals surface area contributed by atoms with Gasteiger partial charge in [0.25, 0.3) is 0 Å². The van der Waals surface area contributed by atoms with Crippen molar-refractivity contribution in [2.45, 2.75) is 26.0 Å². The molecule has 0 radical (unpaired) electrons. The number of hydrogen-bond acceptors (Lipinski definition) is 6. The zero-order chi connectivity index (χ0) is 14.8. The summed E-state index contributed by atoms with van der Waals surface area (Å²) in [6, 6.07) is 0. The van der Waals surface area contributed by atoms with Gasteiger partial charge in [-0.05, 0) is 6.54 Å². The van der Waals surface area contributed by atoms with Gasteiger partial charge >= 0.3 is 5.97 Å². The molecule has 7 nitrogen and oxygen atoms in total. The minimum absolute atomic E-state index is 0.111. The minimum Gasteiger partial charge on any atom is -0.476 e. The number of ether oxygens (including phenoxy) is 1. The lowest BCUT2D eigenvalue weighted by molar-refractivity contribution is -0.0328. The highest BCUT2D eigenvalue weighted by atomic mass is 16.5. The van der Waals surface area contributed by atoms with E-state index in [0.717, 1.165) is 31.7 Å². The molecule has 1 saturated heterocycles. The first-order valence-corrected chi connectivity index (χ1v) is 7.36. The first kappa shape index (κ1) is 14.4. The van der Waals surface area contributed by atoms with Crippen molar-refractivity contribution in [3.05, 3.63) is 22.8 Å². The molecule has 2 N–H and O–H groups in total. The van der Waals surface area contributed by atoms with Crippen LogP contribution in [0.1, 0.15) is 40.6 Å². The van der Waals surface area contributed by atoms with Crippen LogP contribution in [0.5, 0.6) is 0 Å². The van der Waals surface area contributed by atoms with E-state index in [4.69, 9.17) is 4.74 Å². The summed E-state index contributed by atoms with van der Waals surface area (Å²) >= 11 is 0. The molecule has 1 fully saturated rings. The summed E-state index contributed by atoms with van der Waals surface area (Å²) in [4.78, 5) is 22.6. The Morgan fingerprint density at radius 2 is 2.38 bits per heavy atom. The van der Waals surface area contributed by atoms with Crippen molar-refractivity contribution in [1.29, 1.82) is 0 Å². The van der Waals surface area contributed by atoms with E-state index < -0.39 is 5.97 Å². The number of hydrogen-bond donors (Lipinski definition) is 2. The second kappa shape index (κ2) is 6.05. The van der Waals surface area contributed by atoms with E-state index in [-0.39, 0.29) is 11.8 Å². The number of fused-ring (bicyclic) bond motifs is 1. The predicted molar refractivity (Wildman–Crippen MR) is 75.2 cm³/mol. The Morgan fingerprint density at radius 1 is 1.52 bits per heavy atom. The van der Waals surface area contributed by atoms with Crippen LogP contribution < -0.4 is 5.32 Å². The third-order valence-corrected chi connectivity index (χ3v) is 4.04. The van der Waals surface area contributed by atoms with Crippen molar-refractivity contribution in [2.75, 3.05) is 32.8 Å². The fourth-order valence-corrected chi connectivity index (χ4v) is 2.83. The van der Waals surface area contributed by atoms with Crippen molar-refractivity contribution in [2.24, 2.45) is 0 Å². The fourth-order valence-electron chi connectivity index (χ4n) is 2.83. The summed E-state index contributed by atoms with van der Waals surface area (Å²) in [6.45, 7) is 6.62. The van der Waals surface area contributed by atoms with E-state index in [1.165, 1.54) is 0 Å². The molecule has 2 aliphatic heterocycles. The summed E-state index contributed by atoms with van der Waals surface area (Å²) in [5, 5.41) is 12.6. The number of likely N-dealkylation sites (N-methyl/N-ethyl adjacent to an activating group) is 1. The third-order valence-electron chi connectivity index (χ3n) is 4.04. The molecule has 0 amide bonds. The Morgan fingerprint density at radius 3 is 3.14 bits per heavy atom. The van der Waals surface area contributed by atoms with E-state index in [1.54, 1.807) is 0 Å². The highest BCUT2D eigenvalue weighted by molar-refractivity contribution is 5.87. The Hall–Kier alpha value is -1.57. The van der Waals surface area contributed by atoms with E-state index in [1.807, 2.05) is 0 Å². The van der Waals surface area contributed by atoms with E-state index in [9.17, 15) is 9.90 Å². The number of nitrogens with one attached hydrogen (secondary N) is 1. The first-order chi connectivity index (χ1) is 10.2. The van der Waals surface area contributed by atoms with Gasteiger partial charge in [0.05, 0.1) is 12.3 Å². The summed E-state index contributed by atoms with van der Waals surface area (Å²) in [7, 11) is 0. The maximum atomic E-state index is 11.5. The highest BCUT2D eigenvalue weighted by Gasteiger charge is 2.28. The van der Waals surface area contributed by atoms with Gasteiger partial charge in [0.1, 0.15) is 6.10 Å². The number of morpholine rings is 1. The van der Waals surface area contributed by atoms with Gasteiger partial charge in [0, 0.05) is 38.2 Å². The van der Waals surface area contributed by atoms with Crippen LogP contribution in [0, 0.1) is 0 Å². The van der Waals surface area contributed by atoms with Crippen molar-refractivity contribution >= 4 is 5.97 Å². The number of aromatic nitrogens is 2. The molecule has 21 heavy (non-hydrogen) atoms. The van der Waals surface area contributed by atoms with Gasteiger partial charge < -0.3 is 15.2 Å². The second-order valence-corrected chi connectivity index (χ2v) is 5.34. The van der Waals surface area contributed by atoms with Crippen LogP contribution in [0.2, 0.25) is 0 Å². The Labute approximate surface area is 123 Å². The molecule has 1 unspecified atom stereocenters. The summed E-state index contributed by atoms with van der Waals surface area (Å²) in [6.07, 6.45) is 0.493. The lowest BCUT2D eigenvalue weighted by Gasteiger charge is -2.31. The van der Waals surface area contributed by atoms with Gasteiger partial charge in [-0.15, -0.1) is 0 Å². The number of carboxylic acid groups (broad SMARTS) is 1. The topological polar surface area (TPSA) is 87.6 Å². The van der Waals surface area contributed by atoms with Crippen LogP contribution >= 0.6 is 0 Å². The van der Waals surface area contributed by atoms with Gasteiger partial charge in [-0.2, -0.15) is 0 Å². The molecule has 114 valence electrons. The molecular formula is C14H20N4O3. The number of rotatable bonds is 3. The quantitative estimate of drug-likeness (QED) is 0.823. The highest BCUT2D eigenvalue weighted by Crippen LogP contribution is 2.23. The minimum atomic E-state index is -0.998. The van der Waals surface area contributed by atoms with Crippen LogP contribution in [0.3, 0.4) is 0 Å². The van der Waals surface area contributed by atoms with Crippen LogP contribution in [0.4, 0.5) is 0 Å². The monoisotopic (exact) mass is 292 g/mol. The molecule has 3 heterocycles. The van der Waals surface area contributed by atoms with Crippen LogP contribution in [-0.2, 0) is 17.7 Å². The normalized spacial score (nSPS) is 22.8. The fraction of sp³-hybridized carbons (Fsp3) is 0.643. The summed E-state index contributed by atoms with van der Waals surface area (Å²) < 4.78 is 5.75. The molecular weight excluding hydrogens is 272 g/mol. The van der Waals surface area contributed by atoms with Crippen molar-refractivity contribution < 1.29 is 14.6 Å². The average Bonchev–Trinajstić information content (AvgIpc) is 2.53. The SMILES string of the molecule is CCN1CCOC(c2nc3c(c(C(=O)O)n2)CNCC3)C1. The number of carboxylic acids is 1. The maximum Gasteiger partial charge on any atom is 0.354 e. The van der Waals surface area contributed by atoms with Gasteiger partial charge in [-0.25, -0.2) is 14.8 Å². The van der Waals surface area contributed by atoms with Gasteiger partial charge in [0.15, 0.2) is 11.5 Å². The van der Waals surface area contributed by atoms with Crippen molar-refractivity contribution in [1.82, 2.24) is 20.2 Å². The lowest BCUT2D eigenvalue weighted by atomic mass is 10.0. The van der Waals surface area contributed by atoms with E-state index >= 15 is 0 Å². The lowest BCUT2D eigenvalue weighted by Crippen LogP contribution is -2.39. The Kier molecular flexibility index (Phi) is 4.14. The van der Waals surface area contributed by atoms with E-state index in [0.29, 0.717) is 31.1 Å². The van der Waals surface area contributed by atoms with Gasteiger partial charge in [-0.1, -0.05) is 6.92 Å². The molecule has 2 aliphatic rings. The molecule has 1 aromatic heterocycles. The van der Waals surface area contributed by atoms with Crippen LogP contribution in [0.15, 0.2) is 0 Å². The number of nitrogens with zero attached hydrogens (tertiary/aromatic N) is 3. The first-order valence-electron chi connectivity index (χ1n) is 7.36. The van der Waals surface area contributed by atoms with Gasteiger partial charge in [0.2, 0.25) is 0 Å². The van der Waals surface area contributed by atoms with Crippen LogP contribution in [-0.4, -0.2) is 58.7 Å². The standard InChI is InChI=1S/C14H20N4O3/c1-2-18-5-6-21-11(8-18)13-16-10-3-4-15-7-9(10)12(17-13)14(19)20/h11,15H,2-8H2,1H3,(H,19,20). The van der Waals surface area contributed by atoms with E-state index in [2.05, 4.69) is 27.1 Å². The summed E-state index contributed by atoms with van der Waals surface area (Å²) in [5.74, 6) is -0.493. The predicted octanol–water partition coefficient (Wildman–Crippen LogP) is 0.214. The second-order valence-electron chi connectivity index (χ2n) is 5.34. The molecule has 0 saturated carbocycles. The molecule has 1 aromatic rings. The largest absolute Gasteiger partial charge is 0.476 e. The number of aromatic carboxylic acids is 1. The molecule has 0 spiro atoms. The maximum absolute atomic E-state index is 11.5. The smallest absolute Gasteiger partial charge is 0.354 e. The molecule has 0 aliphatic carbocycles. The molecule has 7 heteroatoms. The average molecular weight is 292 g/mol. The van der Waals surface area contributed by atoms with Crippen molar-refractivity contribution in [3.63, 3.8) is 0 Å². The Balaban J connectivity index is 1.95. The zero-order valence-corrected chi connectivity index (χ0v) is 12.1.